The van der Waals surface area contributed by atoms with Crippen molar-refractivity contribution in [2.45, 2.75) is 18.5 Å². The highest BCUT2D eigenvalue weighted by atomic mass is 35.5. The number of rotatable bonds is 4. The third-order valence-electron chi connectivity index (χ3n) is 3.84. The first-order valence-corrected chi connectivity index (χ1v) is 7.59. The second kappa shape index (κ2) is 7.47. The summed E-state index contributed by atoms with van der Waals surface area (Å²) in [5.74, 6) is -0.192. The number of benzene rings is 1. The lowest BCUT2D eigenvalue weighted by Gasteiger charge is -2.26. The number of amides is 3. The Morgan fingerprint density at radius 1 is 1.32 bits per heavy atom. The minimum absolute atomic E-state index is 0.0187. The minimum Gasteiger partial charge on any atom is -0.350 e. The van der Waals surface area contributed by atoms with Crippen molar-refractivity contribution in [2.24, 2.45) is 0 Å². The van der Waals surface area contributed by atoms with E-state index in [-0.39, 0.29) is 30.6 Å². The van der Waals surface area contributed by atoms with Gasteiger partial charge in [0, 0.05) is 24.7 Å². The van der Waals surface area contributed by atoms with Gasteiger partial charge in [0.2, 0.25) is 5.91 Å². The van der Waals surface area contributed by atoms with E-state index in [9.17, 15) is 9.59 Å². The summed E-state index contributed by atoms with van der Waals surface area (Å²) in [4.78, 5) is 25.3. The molecule has 1 heterocycles. The van der Waals surface area contributed by atoms with Gasteiger partial charge in [-0.05, 0) is 31.2 Å². The molecule has 6 nitrogen and oxygen atoms in total. The zero-order valence-electron chi connectivity index (χ0n) is 12.7. The number of likely N-dealkylation sites (tertiary alicyclic amines) is 1. The van der Waals surface area contributed by atoms with E-state index in [0.717, 1.165) is 18.5 Å². The molecule has 0 bridgehead atoms. The van der Waals surface area contributed by atoms with Crippen molar-refractivity contribution in [1.82, 2.24) is 20.9 Å². The zero-order valence-corrected chi connectivity index (χ0v) is 13.5. The van der Waals surface area contributed by atoms with Crippen molar-refractivity contribution in [2.75, 3.05) is 27.2 Å². The Hall–Kier alpha value is -1.79. The normalized spacial score (nSPS) is 21.4. The highest BCUT2D eigenvalue weighted by molar-refractivity contribution is 6.30. The molecule has 2 unspecified atom stereocenters. The van der Waals surface area contributed by atoms with Crippen LogP contribution in [0.5, 0.6) is 0 Å². The number of carbonyl (C=O) groups is 2. The first-order chi connectivity index (χ1) is 10.5. The average molecular weight is 325 g/mol. The molecule has 1 fully saturated rings. The molecule has 0 aliphatic carbocycles. The van der Waals surface area contributed by atoms with E-state index >= 15 is 0 Å². The molecule has 3 amide bonds. The molecular formula is C15H21ClN4O2. The molecule has 0 aromatic heterocycles. The molecule has 7 heteroatoms. The van der Waals surface area contributed by atoms with Gasteiger partial charge in [0.1, 0.15) is 0 Å². The highest BCUT2D eigenvalue weighted by Crippen LogP contribution is 2.31. The summed E-state index contributed by atoms with van der Waals surface area (Å²) >= 11 is 5.93. The van der Waals surface area contributed by atoms with Gasteiger partial charge in [-0.15, -0.1) is 0 Å². The standard InChI is InChI=1S/C15H21ClN4O2/c1-17-15(22)18-9-13(21)19-12-7-8-20(2)14(12)10-3-5-11(16)6-4-10/h3-6,12,14H,7-9H2,1-2H3,(H,19,21)(H2,17,18,22). The molecule has 2 atom stereocenters. The van der Waals surface area contributed by atoms with Gasteiger partial charge in [-0.25, -0.2) is 4.79 Å². The van der Waals surface area contributed by atoms with E-state index in [1.54, 1.807) is 0 Å². The number of halogens is 1. The largest absolute Gasteiger partial charge is 0.350 e. The molecule has 1 aromatic carbocycles. The predicted molar refractivity (Wildman–Crippen MR) is 85.8 cm³/mol. The third-order valence-corrected chi connectivity index (χ3v) is 4.10. The van der Waals surface area contributed by atoms with Crippen LogP contribution in [0.4, 0.5) is 4.79 Å². The summed E-state index contributed by atoms with van der Waals surface area (Å²) in [5.41, 5.74) is 1.12. The van der Waals surface area contributed by atoms with Crippen LogP contribution < -0.4 is 16.0 Å². The van der Waals surface area contributed by atoms with Crippen LogP contribution in [0, 0.1) is 0 Å². The number of carbonyl (C=O) groups excluding carboxylic acids is 2. The topological polar surface area (TPSA) is 73.5 Å². The van der Waals surface area contributed by atoms with Crippen molar-refractivity contribution in [3.8, 4) is 0 Å². The molecule has 0 saturated carbocycles. The van der Waals surface area contributed by atoms with Gasteiger partial charge < -0.3 is 16.0 Å². The van der Waals surface area contributed by atoms with Crippen LogP contribution in [0.1, 0.15) is 18.0 Å². The Kier molecular flexibility index (Phi) is 5.63. The first-order valence-electron chi connectivity index (χ1n) is 7.22. The zero-order chi connectivity index (χ0) is 16.1. The molecule has 1 aromatic rings. The van der Waals surface area contributed by atoms with Crippen molar-refractivity contribution < 1.29 is 9.59 Å². The van der Waals surface area contributed by atoms with Crippen LogP contribution in [-0.2, 0) is 4.79 Å². The fraction of sp³-hybridized carbons (Fsp3) is 0.467. The molecule has 1 saturated heterocycles. The summed E-state index contributed by atoms with van der Waals surface area (Å²) in [5, 5.41) is 8.59. The van der Waals surface area contributed by atoms with Gasteiger partial charge in [-0.3, -0.25) is 9.69 Å². The average Bonchev–Trinajstić information content (AvgIpc) is 2.86. The molecule has 22 heavy (non-hydrogen) atoms. The minimum atomic E-state index is -0.368. The third kappa shape index (κ3) is 4.11. The number of hydrogen-bond acceptors (Lipinski definition) is 3. The molecule has 1 aliphatic heterocycles. The van der Waals surface area contributed by atoms with Gasteiger partial charge in [0.15, 0.2) is 0 Å². The monoisotopic (exact) mass is 324 g/mol. The van der Waals surface area contributed by atoms with E-state index in [1.165, 1.54) is 7.05 Å². The Labute approximate surface area is 135 Å². The summed E-state index contributed by atoms with van der Waals surface area (Å²) in [7, 11) is 3.55. The number of nitrogens with zero attached hydrogens (tertiary/aromatic N) is 1. The maximum absolute atomic E-state index is 12.0. The molecule has 3 N–H and O–H groups in total. The van der Waals surface area contributed by atoms with Crippen LogP contribution >= 0.6 is 11.6 Å². The van der Waals surface area contributed by atoms with Crippen molar-refractivity contribution in [1.29, 1.82) is 0 Å². The molecule has 0 radical (unpaired) electrons. The summed E-state index contributed by atoms with van der Waals surface area (Å²) in [6.45, 7) is 0.869. The highest BCUT2D eigenvalue weighted by Gasteiger charge is 2.33. The Balaban J connectivity index is 1.98. The maximum Gasteiger partial charge on any atom is 0.314 e. The van der Waals surface area contributed by atoms with E-state index in [0.29, 0.717) is 5.02 Å². The molecule has 0 spiro atoms. The number of likely N-dealkylation sites (N-methyl/N-ethyl adjacent to an activating group) is 1. The summed E-state index contributed by atoms with van der Waals surface area (Å²) < 4.78 is 0. The van der Waals surface area contributed by atoms with Crippen LogP contribution in [0.2, 0.25) is 5.02 Å². The quantitative estimate of drug-likeness (QED) is 0.777. The van der Waals surface area contributed by atoms with E-state index in [2.05, 4.69) is 20.9 Å². The fourth-order valence-electron chi connectivity index (χ4n) is 2.75. The van der Waals surface area contributed by atoms with Crippen molar-refractivity contribution in [3.05, 3.63) is 34.9 Å². The lowest BCUT2D eigenvalue weighted by molar-refractivity contribution is -0.120. The predicted octanol–water partition coefficient (Wildman–Crippen LogP) is 1.13. The van der Waals surface area contributed by atoms with E-state index < -0.39 is 0 Å². The second-order valence-electron chi connectivity index (χ2n) is 5.37. The van der Waals surface area contributed by atoms with Gasteiger partial charge in [-0.1, -0.05) is 23.7 Å². The van der Waals surface area contributed by atoms with Crippen LogP contribution in [0.3, 0.4) is 0 Å². The van der Waals surface area contributed by atoms with E-state index in [1.807, 2.05) is 31.3 Å². The summed E-state index contributed by atoms with van der Waals surface area (Å²) in [6.07, 6.45) is 0.871. The SMILES string of the molecule is CNC(=O)NCC(=O)NC1CCN(C)C1c1ccc(Cl)cc1. The smallest absolute Gasteiger partial charge is 0.314 e. The van der Waals surface area contributed by atoms with Crippen molar-refractivity contribution >= 4 is 23.5 Å². The second-order valence-corrected chi connectivity index (χ2v) is 5.81. The van der Waals surface area contributed by atoms with Gasteiger partial charge in [0.05, 0.1) is 12.6 Å². The Morgan fingerprint density at radius 2 is 2.00 bits per heavy atom. The van der Waals surface area contributed by atoms with Gasteiger partial charge >= 0.3 is 6.03 Å². The molecule has 120 valence electrons. The van der Waals surface area contributed by atoms with Crippen LogP contribution in [0.15, 0.2) is 24.3 Å². The Bertz CT molecular complexity index is 535. The number of nitrogens with one attached hydrogen (secondary N) is 3. The Morgan fingerprint density at radius 3 is 2.64 bits per heavy atom. The fourth-order valence-corrected chi connectivity index (χ4v) is 2.88. The number of urea groups is 1. The summed E-state index contributed by atoms with van der Waals surface area (Å²) in [6, 6.07) is 7.44. The lowest BCUT2D eigenvalue weighted by Crippen LogP contribution is -2.45. The lowest BCUT2D eigenvalue weighted by atomic mass is 10.0. The molecule has 1 aliphatic rings. The van der Waals surface area contributed by atoms with Crippen LogP contribution in [-0.4, -0.2) is 50.1 Å². The molecular weight excluding hydrogens is 304 g/mol. The van der Waals surface area contributed by atoms with Gasteiger partial charge in [-0.2, -0.15) is 0 Å². The maximum atomic E-state index is 12.0. The molecule has 2 rings (SSSR count). The van der Waals surface area contributed by atoms with Crippen molar-refractivity contribution in [3.63, 3.8) is 0 Å². The number of hydrogen-bond donors (Lipinski definition) is 3. The van der Waals surface area contributed by atoms with Gasteiger partial charge in [0.25, 0.3) is 0 Å². The van der Waals surface area contributed by atoms with E-state index in [4.69, 9.17) is 11.6 Å². The first kappa shape index (κ1) is 16.6. The van der Waals surface area contributed by atoms with Crippen LogP contribution in [0.25, 0.3) is 0 Å².